The van der Waals surface area contributed by atoms with Crippen LogP contribution < -0.4 is 0 Å². The first kappa shape index (κ1) is 80.8. The van der Waals surface area contributed by atoms with Gasteiger partial charge in [-0.05, 0) is 141 Å². The van der Waals surface area contributed by atoms with E-state index in [1.807, 2.05) is 21.1 Å². The Labute approximate surface area is 526 Å². The van der Waals surface area contributed by atoms with Crippen LogP contribution >= 0.6 is 7.82 Å². The van der Waals surface area contributed by atoms with E-state index in [1.54, 1.807) is 0 Å². The third kappa shape index (κ3) is 68.0. The fourth-order valence-electron chi connectivity index (χ4n) is 8.10. The van der Waals surface area contributed by atoms with Crippen molar-refractivity contribution in [2.24, 2.45) is 0 Å². The van der Waals surface area contributed by atoms with E-state index >= 15 is 0 Å². The number of rotatable bonds is 58. The van der Waals surface area contributed by atoms with Crippen molar-refractivity contribution in [3.8, 4) is 0 Å². The largest absolute Gasteiger partial charge is 0.472 e. The number of hydrogen-bond acceptors (Lipinski definition) is 7. The molecule has 0 saturated heterocycles. The number of ether oxygens (including phenoxy) is 2. The van der Waals surface area contributed by atoms with Crippen LogP contribution in [0.3, 0.4) is 0 Å². The predicted octanol–water partition coefficient (Wildman–Crippen LogP) is 21.7. The van der Waals surface area contributed by atoms with Crippen LogP contribution in [-0.2, 0) is 32.7 Å². The van der Waals surface area contributed by atoms with Gasteiger partial charge >= 0.3 is 19.8 Å². The van der Waals surface area contributed by atoms with Crippen molar-refractivity contribution in [2.75, 3.05) is 47.5 Å². The zero-order chi connectivity index (χ0) is 62.6. The molecule has 2 atom stereocenters. The Morgan fingerprint density at radius 2 is 0.628 bits per heavy atom. The van der Waals surface area contributed by atoms with Crippen LogP contribution in [0.15, 0.2) is 194 Å². The second-order valence-corrected chi connectivity index (χ2v) is 23.8. The number of hydrogen-bond donors (Lipinski definition) is 1. The zero-order valence-corrected chi connectivity index (χ0v) is 55.6. The summed E-state index contributed by atoms with van der Waals surface area (Å²) in [7, 11) is 1.43. The Balaban J connectivity index is 4.24. The van der Waals surface area contributed by atoms with Crippen LogP contribution in [0.1, 0.15) is 219 Å². The summed E-state index contributed by atoms with van der Waals surface area (Å²) in [6, 6.07) is 0. The first-order valence-corrected chi connectivity index (χ1v) is 34.7. The molecule has 0 aliphatic carbocycles. The third-order valence-corrected chi connectivity index (χ3v) is 14.1. The summed E-state index contributed by atoms with van der Waals surface area (Å²) < 4.78 is 34.6. The molecule has 0 aromatic heterocycles. The highest BCUT2D eigenvalue weighted by Gasteiger charge is 2.27. The minimum Gasteiger partial charge on any atom is -0.462 e. The molecular weight excluding hydrogens is 1090 g/mol. The molecule has 0 heterocycles. The molecule has 1 N–H and O–H groups in total. The van der Waals surface area contributed by atoms with Gasteiger partial charge in [0.25, 0.3) is 0 Å². The summed E-state index contributed by atoms with van der Waals surface area (Å²) in [4.78, 5) is 35.8. The maximum Gasteiger partial charge on any atom is 0.472 e. The number of quaternary nitrogens is 1. The Hall–Kier alpha value is -5.15. The van der Waals surface area contributed by atoms with Gasteiger partial charge in [0.15, 0.2) is 6.10 Å². The van der Waals surface area contributed by atoms with E-state index in [4.69, 9.17) is 18.5 Å². The molecule has 0 aliphatic rings. The fourth-order valence-corrected chi connectivity index (χ4v) is 8.85. The Morgan fingerprint density at radius 1 is 0.360 bits per heavy atom. The molecule has 0 aliphatic heterocycles. The van der Waals surface area contributed by atoms with E-state index in [1.165, 1.54) is 0 Å². The molecule has 9 nitrogen and oxygen atoms in total. The topological polar surface area (TPSA) is 108 Å². The minimum absolute atomic E-state index is 0.0142. The van der Waals surface area contributed by atoms with Crippen LogP contribution in [0.25, 0.3) is 0 Å². The average molecular weight is 1210 g/mol. The van der Waals surface area contributed by atoms with Crippen LogP contribution in [-0.4, -0.2) is 74.9 Å². The summed E-state index contributed by atoms with van der Waals surface area (Å²) in [6.07, 6.45) is 101. The molecule has 0 amide bonds. The molecule has 482 valence electrons. The van der Waals surface area contributed by atoms with E-state index in [9.17, 15) is 19.0 Å². The van der Waals surface area contributed by atoms with Crippen molar-refractivity contribution in [1.29, 1.82) is 0 Å². The fraction of sp³-hybridized carbons (Fsp3) is 0.553. The van der Waals surface area contributed by atoms with Gasteiger partial charge in [0.1, 0.15) is 19.8 Å². The number of unbranched alkanes of at least 4 members (excludes halogenated alkanes) is 12. The minimum atomic E-state index is -4.41. The molecule has 2 unspecified atom stereocenters. The summed E-state index contributed by atoms with van der Waals surface area (Å²) >= 11 is 0. The lowest BCUT2D eigenvalue weighted by molar-refractivity contribution is -0.870. The van der Waals surface area contributed by atoms with Crippen LogP contribution in [0, 0.1) is 0 Å². The van der Waals surface area contributed by atoms with Crippen molar-refractivity contribution < 1.29 is 42.1 Å². The molecule has 0 aromatic carbocycles. The summed E-state index contributed by atoms with van der Waals surface area (Å²) in [6.45, 7) is 4.14. The Morgan fingerprint density at radius 3 is 0.930 bits per heavy atom. The zero-order valence-electron chi connectivity index (χ0n) is 54.7. The van der Waals surface area contributed by atoms with Gasteiger partial charge in [0.05, 0.1) is 27.7 Å². The van der Waals surface area contributed by atoms with Gasteiger partial charge in [0.2, 0.25) is 0 Å². The van der Waals surface area contributed by atoms with Gasteiger partial charge in [-0.1, -0.05) is 260 Å². The maximum absolute atomic E-state index is 12.9. The van der Waals surface area contributed by atoms with E-state index in [0.29, 0.717) is 23.9 Å². The van der Waals surface area contributed by atoms with Crippen molar-refractivity contribution in [1.82, 2.24) is 0 Å². The van der Waals surface area contributed by atoms with Crippen molar-refractivity contribution in [2.45, 2.75) is 225 Å². The number of esters is 2. The SMILES string of the molecule is CC/C=C\C/C=C\C/C=C\C/C=C\C/C=C\C/C=C\C/C=C\C/C=C\C/C=C\C/C=C\CCCCCCCCC(=O)OC(COC(=O)CCCCCCCC/C=C\C/C=C\C/C=C\C/C=C\C/C=C\C/C=C\CC)COP(=O)(O)OCC[N+](C)(C)C. The average Bonchev–Trinajstić information content (AvgIpc) is 3.67. The van der Waals surface area contributed by atoms with Gasteiger partial charge in [-0.25, -0.2) is 4.57 Å². The number of likely N-dealkylation sites (N-methyl/N-ethyl adjacent to an activating group) is 1. The van der Waals surface area contributed by atoms with Crippen LogP contribution in [0.2, 0.25) is 0 Å². The molecule has 86 heavy (non-hydrogen) atoms. The summed E-state index contributed by atoms with van der Waals surface area (Å²) in [5, 5.41) is 0. The number of phosphoric acid groups is 1. The lowest BCUT2D eigenvalue weighted by Crippen LogP contribution is -2.37. The molecule has 0 saturated carbocycles. The molecule has 0 radical (unpaired) electrons. The van der Waals surface area contributed by atoms with Gasteiger partial charge in [-0.3, -0.25) is 18.6 Å². The number of allylic oxidation sites excluding steroid dienone is 32. The highest BCUT2D eigenvalue weighted by Crippen LogP contribution is 2.43. The third-order valence-electron chi connectivity index (χ3n) is 13.1. The quantitative estimate of drug-likeness (QED) is 0.0211. The lowest BCUT2D eigenvalue weighted by Gasteiger charge is -2.24. The molecule has 0 spiro atoms. The van der Waals surface area contributed by atoms with E-state index in [-0.39, 0.29) is 26.1 Å². The van der Waals surface area contributed by atoms with Crippen LogP contribution in [0.4, 0.5) is 0 Å². The monoisotopic (exact) mass is 1210 g/mol. The lowest BCUT2D eigenvalue weighted by atomic mass is 10.1. The smallest absolute Gasteiger partial charge is 0.462 e. The van der Waals surface area contributed by atoms with Gasteiger partial charge in [-0.2, -0.15) is 0 Å². The summed E-state index contributed by atoms with van der Waals surface area (Å²) in [5.41, 5.74) is 0. The molecule has 0 fully saturated rings. The van der Waals surface area contributed by atoms with E-state index in [2.05, 4.69) is 208 Å². The highest BCUT2D eigenvalue weighted by molar-refractivity contribution is 7.47. The van der Waals surface area contributed by atoms with Gasteiger partial charge < -0.3 is 18.9 Å². The van der Waals surface area contributed by atoms with E-state index in [0.717, 1.165) is 180 Å². The van der Waals surface area contributed by atoms with E-state index < -0.39 is 32.5 Å². The second-order valence-electron chi connectivity index (χ2n) is 22.4. The first-order chi connectivity index (χ1) is 42.0. The standard InChI is InChI=1S/C76H120NO8P/c1-6-8-10-12-14-16-18-20-22-24-26-28-30-32-33-34-35-36-37-38-39-40-41-42-43-45-47-49-51-53-55-57-59-61-63-65-67-69-76(79)85-74(73-84-86(80,81)83-71-70-77(3,4)5)72-82-75(78)68-66-64-62-60-58-56-54-52-50-48-46-44-31-29-27-25-23-21-19-17-15-13-11-9-7-2/h8-11,14-17,20-23,26-29,32-33,35-36,38-39,41-42,44-47,50-53,74H,6-7,12-13,18-19,24-25,30-31,34,37,40,43,48-49,54-73H2,1-5H3/p+1/b10-8-,11-9-,16-14-,17-15-,22-20-,23-21-,28-26-,29-27-,33-32-,36-35-,39-38-,42-41-,46-44-,47-45-,52-50-,53-51-. The molecular formula is C76H121NO8P+. The number of phosphoric ester groups is 1. The molecule has 0 bridgehead atoms. The number of carbonyl (C=O) groups is 2. The van der Waals surface area contributed by atoms with Crippen molar-refractivity contribution >= 4 is 19.8 Å². The van der Waals surface area contributed by atoms with Gasteiger partial charge in [-0.15, -0.1) is 0 Å². The number of carbonyl (C=O) groups excluding carboxylic acids is 2. The molecule has 0 rings (SSSR count). The second kappa shape index (κ2) is 64.3. The molecule has 10 heteroatoms. The first-order valence-electron chi connectivity index (χ1n) is 33.2. The highest BCUT2D eigenvalue weighted by atomic mass is 31.2. The van der Waals surface area contributed by atoms with Crippen molar-refractivity contribution in [3.05, 3.63) is 194 Å². The van der Waals surface area contributed by atoms with Crippen molar-refractivity contribution in [3.63, 3.8) is 0 Å². The maximum atomic E-state index is 12.9. The Bertz CT molecular complexity index is 2150. The Kier molecular flexibility index (Phi) is 60.5. The van der Waals surface area contributed by atoms with Crippen LogP contribution in [0.5, 0.6) is 0 Å². The summed E-state index contributed by atoms with van der Waals surface area (Å²) in [5.74, 6) is -0.848. The number of nitrogens with zero attached hydrogens (tertiary/aromatic N) is 1. The predicted molar refractivity (Wildman–Crippen MR) is 371 cm³/mol. The molecule has 0 aromatic rings. The van der Waals surface area contributed by atoms with Gasteiger partial charge in [0, 0.05) is 12.8 Å². The normalized spacial score (nSPS) is 14.4.